The van der Waals surface area contributed by atoms with E-state index in [0.717, 1.165) is 5.69 Å². The van der Waals surface area contributed by atoms with Crippen molar-refractivity contribution < 1.29 is 24.2 Å². The average Bonchev–Trinajstić information content (AvgIpc) is 3.12. The summed E-state index contributed by atoms with van der Waals surface area (Å²) in [4.78, 5) is 29.3. The van der Waals surface area contributed by atoms with Crippen LogP contribution in [-0.2, 0) is 11.4 Å². The molecule has 7 nitrogen and oxygen atoms in total. The van der Waals surface area contributed by atoms with Gasteiger partial charge >= 0.3 is 5.97 Å². The first-order valence-corrected chi connectivity index (χ1v) is 9.07. The molecule has 0 saturated carbocycles. The fourth-order valence-electron chi connectivity index (χ4n) is 2.36. The van der Waals surface area contributed by atoms with Crippen molar-refractivity contribution >= 4 is 23.2 Å². The molecule has 1 heterocycles. The van der Waals surface area contributed by atoms with Crippen molar-refractivity contribution in [2.45, 2.75) is 32.9 Å². The first-order valence-electron chi connectivity index (χ1n) is 8.13. The summed E-state index contributed by atoms with van der Waals surface area (Å²) >= 11 is 1.49. The fourth-order valence-corrected chi connectivity index (χ4v) is 2.90. The van der Waals surface area contributed by atoms with Crippen LogP contribution in [0, 0.1) is 0 Å². The minimum atomic E-state index is -0.938. The summed E-state index contributed by atoms with van der Waals surface area (Å²) in [5, 5.41) is 10.8. The number of rotatable bonds is 9. The Balaban J connectivity index is 2.15. The third kappa shape index (κ3) is 5.19. The molecular weight excluding hydrogens is 356 g/mol. The largest absolute Gasteiger partial charge is 0.493 e. The number of carbonyl (C=O) groups excluding carboxylic acids is 1. The van der Waals surface area contributed by atoms with Gasteiger partial charge < -0.3 is 19.5 Å². The van der Waals surface area contributed by atoms with Crippen LogP contribution in [0.15, 0.2) is 29.1 Å². The molecule has 0 aliphatic rings. The number of thiazole rings is 1. The Bertz CT molecular complexity index is 746. The highest BCUT2D eigenvalue weighted by Gasteiger charge is 2.21. The second kappa shape index (κ2) is 9.19. The molecule has 0 unspecified atom stereocenters. The summed E-state index contributed by atoms with van der Waals surface area (Å²) < 4.78 is 11.0. The van der Waals surface area contributed by atoms with Crippen molar-refractivity contribution in [2.75, 3.05) is 13.7 Å². The second-order valence-electron chi connectivity index (χ2n) is 5.87. The lowest BCUT2D eigenvalue weighted by atomic mass is 10.1. The Morgan fingerprint density at radius 2 is 2.08 bits per heavy atom. The normalized spacial score (nSPS) is 10.6. The SMILES string of the molecule is COc1cc(C(=O)N(CCC(=O)O)C(C)C)ccc1OCc1cscn1. The number of hydrogen-bond donors (Lipinski definition) is 1. The highest BCUT2D eigenvalue weighted by atomic mass is 32.1. The average molecular weight is 378 g/mol. The van der Waals surface area contributed by atoms with Gasteiger partial charge in [-0.25, -0.2) is 4.98 Å². The first-order chi connectivity index (χ1) is 12.4. The fraction of sp³-hybridized carbons (Fsp3) is 0.389. The molecule has 0 aliphatic heterocycles. The Kier molecular flexibility index (Phi) is 6.97. The number of carboxylic acid groups (broad SMARTS) is 1. The summed E-state index contributed by atoms with van der Waals surface area (Å²) in [5.74, 6) is -0.232. The van der Waals surface area contributed by atoms with Gasteiger partial charge in [-0.2, -0.15) is 0 Å². The number of methoxy groups -OCH3 is 1. The molecule has 2 rings (SSSR count). The first kappa shape index (κ1) is 19.7. The highest BCUT2D eigenvalue weighted by molar-refractivity contribution is 7.07. The number of hydrogen-bond acceptors (Lipinski definition) is 6. The van der Waals surface area contributed by atoms with Gasteiger partial charge in [0.05, 0.1) is 24.7 Å². The van der Waals surface area contributed by atoms with Gasteiger partial charge in [-0.15, -0.1) is 11.3 Å². The lowest BCUT2D eigenvalue weighted by molar-refractivity contribution is -0.137. The Hall–Kier alpha value is -2.61. The van der Waals surface area contributed by atoms with Crippen LogP contribution in [0.4, 0.5) is 0 Å². The lowest BCUT2D eigenvalue weighted by Gasteiger charge is -2.26. The second-order valence-corrected chi connectivity index (χ2v) is 6.59. The summed E-state index contributed by atoms with van der Waals surface area (Å²) in [6.45, 7) is 4.16. The molecule has 0 fully saturated rings. The molecule has 1 N–H and O–H groups in total. The van der Waals surface area contributed by atoms with Crippen LogP contribution in [0.25, 0.3) is 0 Å². The van der Waals surface area contributed by atoms with Gasteiger partial charge in [0.15, 0.2) is 11.5 Å². The van der Waals surface area contributed by atoms with E-state index in [4.69, 9.17) is 14.6 Å². The number of aliphatic carboxylic acids is 1. The molecule has 0 atom stereocenters. The zero-order valence-corrected chi connectivity index (χ0v) is 15.8. The molecule has 2 aromatic rings. The highest BCUT2D eigenvalue weighted by Crippen LogP contribution is 2.29. The molecule has 26 heavy (non-hydrogen) atoms. The van der Waals surface area contributed by atoms with Crippen LogP contribution < -0.4 is 9.47 Å². The number of carbonyl (C=O) groups is 2. The van der Waals surface area contributed by atoms with Gasteiger partial charge in [0, 0.05) is 23.5 Å². The standard InChI is InChI=1S/C18H22N2O5S/c1-12(2)20(7-6-17(21)22)18(23)13-4-5-15(16(8-13)24-3)25-9-14-10-26-11-19-14/h4-5,8,10-12H,6-7,9H2,1-3H3,(H,21,22). The van der Waals surface area contributed by atoms with Crippen molar-refractivity contribution in [3.8, 4) is 11.5 Å². The van der Waals surface area contributed by atoms with E-state index < -0.39 is 5.97 Å². The van der Waals surface area contributed by atoms with E-state index in [1.165, 1.54) is 23.3 Å². The van der Waals surface area contributed by atoms with E-state index in [9.17, 15) is 9.59 Å². The van der Waals surface area contributed by atoms with Crippen LogP contribution in [0.2, 0.25) is 0 Å². The van der Waals surface area contributed by atoms with E-state index in [2.05, 4.69) is 4.98 Å². The van der Waals surface area contributed by atoms with Gasteiger partial charge in [-0.05, 0) is 32.0 Å². The summed E-state index contributed by atoms with van der Waals surface area (Å²) in [5.41, 5.74) is 2.97. The van der Waals surface area contributed by atoms with E-state index in [1.54, 1.807) is 23.7 Å². The van der Waals surface area contributed by atoms with Crippen LogP contribution in [0.5, 0.6) is 11.5 Å². The van der Waals surface area contributed by atoms with Crippen molar-refractivity contribution in [1.82, 2.24) is 9.88 Å². The topological polar surface area (TPSA) is 89.0 Å². The number of ether oxygens (including phenoxy) is 2. The minimum absolute atomic E-state index is 0.101. The molecular formula is C18H22N2O5S. The van der Waals surface area contributed by atoms with E-state index >= 15 is 0 Å². The third-order valence-corrected chi connectivity index (χ3v) is 4.36. The van der Waals surface area contributed by atoms with Gasteiger partial charge in [0.2, 0.25) is 0 Å². The number of benzene rings is 1. The smallest absolute Gasteiger partial charge is 0.305 e. The molecule has 0 spiro atoms. The number of amides is 1. The quantitative estimate of drug-likeness (QED) is 0.721. The van der Waals surface area contributed by atoms with E-state index in [0.29, 0.717) is 23.7 Å². The van der Waals surface area contributed by atoms with Crippen LogP contribution in [-0.4, -0.2) is 46.6 Å². The van der Waals surface area contributed by atoms with Crippen molar-refractivity contribution in [3.63, 3.8) is 0 Å². The maximum absolute atomic E-state index is 12.8. The Labute approximate surface area is 156 Å². The van der Waals surface area contributed by atoms with Crippen molar-refractivity contribution in [1.29, 1.82) is 0 Å². The summed E-state index contributed by atoms with van der Waals surface area (Å²) in [6.07, 6.45) is -0.101. The predicted molar refractivity (Wildman–Crippen MR) is 97.9 cm³/mol. The molecule has 0 bridgehead atoms. The zero-order valence-electron chi connectivity index (χ0n) is 15.0. The third-order valence-electron chi connectivity index (χ3n) is 3.72. The van der Waals surface area contributed by atoms with Gasteiger partial charge in [0.25, 0.3) is 5.91 Å². The van der Waals surface area contributed by atoms with Crippen LogP contribution >= 0.6 is 11.3 Å². The predicted octanol–water partition coefficient (Wildman–Crippen LogP) is 3.06. The monoisotopic (exact) mass is 378 g/mol. The Morgan fingerprint density at radius 3 is 2.65 bits per heavy atom. The maximum Gasteiger partial charge on any atom is 0.305 e. The number of aromatic nitrogens is 1. The van der Waals surface area contributed by atoms with Crippen molar-refractivity contribution in [3.05, 3.63) is 40.3 Å². The summed E-state index contributed by atoms with van der Waals surface area (Å²) in [6, 6.07) is 4.81. The molecule has 0 radical (unpaired) electrons. The number of nitrogens with zero attached hydrogens (tertiary/aromatic N) is 2. The maximum atomic E-state index is 12.8. The number of carboxylic acids is 1. The summed E-state index contributed by atoms with van der Waals surface area (Å²) in [7, 11) is 1.50. The molecule has 1 aromatic carbocycles. The van der Waals surface area contributed by atoms with Gasteiger partial charge in [-0.3, -0.25) is 9.59 Å². The van der Waals surface area contributed by atoms with E-state index in [1.807, 2.05) is 19.2 Å². The molecule has 0 aliphatic carbocycles. The van der Waals surface area contributed by atoms with E-state index in [-0.39, 0.29) is 24.9 Å². The lowest BCUT2D eigenvalue weighted by Crippen LogP contribution is -2.38. The molecule has 1 aromatic heterocycles. The zero-order chi connectivity index (χ0) is 19.1. The van der Waals surface area contributed by atoms with Crippen LogP contribution in [0.3, 0.4) is 0 Å². The molecule has 8 heteroatoms. The minimum Gasteiger partial charge on any atom is -0.493 e. The molecule has 1 amide bonds. The van der Waals surface area contributed by atoms with Crippen molar-refractivity contribution in [2.24, 2.45) is 0 Å². The van der Waals surface area contributed by atoms with Crippen LogP contribution in [0.1, 0.15) is 36.3 Å². The molecule has 0 saturated heterocycles. The van der Waals surface area contributed by atoms with Gasteiger partial charge in [-0.1, -0.05) is 0 Å². The van der Waals surface area contributed by atoms with Gasteiger partial charge in [0.1, 0.15) is 6.61 Å². The Morgan fingerprint density at radius 1 is 1.31 bits per heavy atom. The molecule has 140 valence electrons.